The van der Waals surface area contributed by atoms with E-state index in [2.05, 4.69) is 16.5 Å². The molecule has 1 aromatic carbocycles. The van der Waals surface area contributed by atoms with Crippen LogP contribution in [0.25, 0.3) is 0 Å². The van der Waals surface area contributed by atoms with Gasteiger partial charge in [0.2, 0.25) is 5.91 Å². The highest BCUT2D eigenvalue weighted by atomic mass is 35.5. The monoisotopic (exact) mass is 561 g/mol. The molecular formula is C26H32ClN5O5S. The molecule has 5 rings (SSSR count). The van der Waals surface area contributed by atoms with Gasteiger partial charge in [0.05, 0.1) is 39.6 Å². The Labute approximate surface area is 227 Å². The van der Waals surface area contributed by atoms with Gasteiger partial charge in [-0.3, -0.25) is 4.79 Å². The third kappa shape index (κ3) is 5.09. The van der Waals surface area contributed by atoms with Crippen LogP contribution in [0.4, 0.5) is 5.82 Å². The molecule has 0 bridgehead atoms. The largest absolute Gasteiger partial charge is 0.491 e. The number of hydrogen-bond donors (Lipinski definition) is 1. The fourth-order valence-electron chi connectivity index (χ4n) is 5.07. The predicted molar refractivity (Wildman–Crippen MR) is 141 cm³/mol. The first-order chi connectivity index (χ1) is 18.2. The maximum absolute atomic E-state index is 13.8. The molecule has 10 nitrogen and oxygen atoms in total. The molecule has 2 unspecified atom stereocenters. The Hall–Kier alpha value is -2.81. The van der Waals surface area contributed by atoms with Gasteiger partial charge in [0.15, 0.2) is 9.84 Å². The van der Waals surface area contributed by atoms with E-state index in [0.29, 0.717) is 31.8 Å². The average Bonchev–Trinajstić information content (AvgIpc) is 3.29. The number of anilines is 1. The summed E-state index contributed by atoms with van der Waals surface area (Å²) in [6.45, 7) is 2.71. The number of benzene rings is 1. The van der Waals surface area contributed by atoms with Crippen molar-refractivity contribution in [2.45, 2.75) is 73.2 Å². The van der Waals surface area contributed by atoms with Crippen molar-refractivity contribution >= 4 is 33.2 Å². The molecule has 1 saturated heterocycles. The molecule has 0 spiro atoms. The summed E-state index contributed by atoms with van der Waals surface area (Å²) in [6.07, 6.45) is 4.36. The standard InChI is InChI=1S/C26H32ClN5O5S/c1-17-12-24(32(30-17)18-4-3-5-18)31-15-20(14-22(31)25(33)29-26(16-28)8-9-26)38(34,35)23-7-6-19(13-21(23)27)37-11-10-36-2/h6-7,12-13,18,20,22H,3-5,8-11,14-15H2,1-2H3,(H,29,33). The molecule has 12 heteroatoms. The van der Waals surface area contributed by atoms with Crippen LogP contribution in [-0.2, 0) is 19.4 Å². The van der Waals surface area contributed by atoms with Crippen LogP contribution >= 0.6 is 11.6 Å². The van der Waals surface area contributed by atoms with Crippen LogP contribution < -0.4 is 15.0 Å². The maximum Gasteiger partial charge on any atom is 0.244 e. The van der Waals surface area contributed by atoms with Crippen molar-refractivity contribution in [3.8, 4) is 11.8 Å². The minimum atomic E-state index is -3.90. The van der Waals surface area contributed by atoms with E-state index in [1.165, 1.54) is 12.1 Å². The Morgan fingerprint density at radius 1 is 1.29 bits per heavy atom. The molecule has 2 aromatic rings. The number of amides is 1. The normalized spacial score (nSPS) is 22.5. The van der Waals surface area contributed by atoms with Crippen molar-refractivity contribution in [3.63, 3.8) is 0 Å². The maximum atomic E-state index is 13.8. The molecule has 1 N–H and O–H groups in total. The first-order valence-electron chi connectivity index (χ1n) is 12.9. The van der Waals surface area contributed by atoms with Crippen molar-refractivity contribution in [2.24, 2.45) is 0 Å². The van der Waals surface area contributed by atoms with Crippen LogP contribution in [0.5, 0.6) is 5.75 Å². The van der Waals surface area contributed by atoms with E-state index in [1.807, 2.05) is 22.6 Å². The zero-order chi connectivity index (χ0) is 27.1. The van der Waals surface area contributed by atoms with Crippen molar-refractivity contribution in [1.29, 1.82) is 5.26 Å². The summed E-state index contributed by atoms with van der Waals surface area (Å²) in [7, 11) is -2.33. The van der Waals surface area contributed by atoms with E-state index < -0.39 is 26.7 Å². The van der Waals surface area contributed by atoms with Gasteiger partial charge >= 0.3 is 0 Å². The highest BCUT2D eigenvalue weighted by molar-refractivity contribution is 7.92. The van der Waals surface area contributed by atoms with E-state index >= 15 is 0 Å². The molecule has 1 amide bonds. The van der Waals surface area contributed by atoms with Crippen LogP contribution in [0.2, 0.25) is 5.02 Å². The molecule has 38 heavy (non-hydrogen) atoms. The molecular weight excluding hydrogens is 530 g/mol. The summed E-state index contributed by atoms with van der Waals surface area (Å²) in [4.78, 5) is 15.3. The van der Waals surface area contributed by atoms with E-state index in [0.717, 1.165) is 30.8 Å². The molecule has 0 radical (unpaired) electrons. The molecule has 3 fully saturated rings. The molecule has 2 atom stereocenters. The number of halogens is 1. The van der Waals surface area contributed by atoms with Gasteiger partial charge in [-0.1, -0.05) is 11.6 Å². The van der Waals surface area contributed by atoms with Gasteiger partial charge in [0.25, 0.3) is 0 Å². The second kappa shape index (κ2) is 10.4. The van der Waals surface area contributed by atoms with Gasteiger partial charge in [0, 0.05) is 25.8 Å². The van der Waals surface area contributed by atoms with E-state index in [1.54, 1.807) is 13.2 Å². The van der Waals surface area contributed by atoms with Gasteiger partial charge in [0.1, 0.15) is 29.8 Å². The topological polar surface area (TPSA) is 127 Å². The quantitative estimate of drug-likeness (QED) is 0.438. The minimum Gasteiger partial charge on any atom is -0.491 e. The molecule has 1 aliphatic heterocycles. The number of hydrogen-bond acceptors (Lipinski definition) is 8. The summed E-state index contributed by atoms with van der Waals surface area (Å²) in [5.41, 5.74) is -0.0497. The van der Waals surface area contributed by atoms with Crippen LogP contribution in [0.15, 0.2) is 29.2 Å². The summed E-state index contributed by atoms with van der Waals surface area (Å²) >= 11 is 6.43. The number of nitrogens with zero attached hydrogens (tertiary/aromatic N) is 4. The highest BCUT2D eigenvalue weighted by Crippen LogP contribution is 2.40. The van der Waals surface area contributed by atoms with Crippen molar-refractivity contribution < 1.29 is 22.7 Å². The summed E-state index contributed by atoms with van der Waals surface area (Å²) in [5.74, 6) is 0.844. The summed E-state index contributed by atoms with van der Waals surface area (Å²) < 4.78 is 40.1. The van der Waals surface area contributed by atoms with Gasteiger partial charge in [-0.15, -0.1) is 0 Å². The van der Waals surface area contributed by atoms with Crippen molar-refractivity contribution in [3.05, 3.63) is 35.0 Å². The number of carbonyl (C=O) groups excluding carboxylic acids is 1. The number of ether oxygens (including phenoxy) is 2. The highest BCUT2D eigenvalue weighted by Gasteiger charge is 2.50. The van der Waals surface area contributed by atoms with Crippen molar-refractivity contribution in [2.75, 3.05) is 31.8 Å². The molecule has 2 heterocycles. The zero-order valence-corrected chi connectivity index (χ0v) is 23.1. The number of carbonyl (C=O) groups is 1. The number of aryl methyl sites for hydroxylation is 1. The zero-order valence-electron chi connectivity index (χ0n) is 21.5. The SMILES string of the molecule is COCCOc1ccc(S(=O)(=O)C2CC(C(=O)NC3(C#N)CC3)N(c3cc(C)nn3C3CCC3)C2)c(Cl)c1. The number of nitrogens with one attached hydrogen (secondary N) is 1. The second-order valence-electron chi connectivity index (χ2n) is 10.4. The van der Waals surface area contributed by atoms with Crippen LogP contribution in [0, 0.1) is 18.3 Å². The molecule has 204 valence electrons. The Bertz CT molecular complexity index is 1360. The fraction of sp³-hybridized carbons (Fsp3) is 0.577. The second-order valence-corrected chi connectivity index (χ2v) is 13.0. The number of rotatable bonds is 10. The molecule has 1 aromatic heterocycles. The Balaban J connectivity index is 1.44. The van der Waals surface area contributed by atoms with Gasteiger partial charge in [-0.05, 0) is 57.6 Å². The third-order valence-electron chi connectivity index (χ3n) is 7.65. The first-order valence-corrected chi connectivity index (χ1v) is 14.8. The van der Waals surface area contributed by atoms with E-state index in [-0.39, 0.29) is 34.8 Å². The van der Waals surface area contributed by atoms with Crippen molar-refractivity contribution in [1.82, 2.24) is 15.1 Å². The van der Waals surface area contributed by atoms with E-state index in [9.17, 15) is 18.5 Å². The Kier molecular flexibility index (Phi) is 7.33. The lowest BCUT2D eigenvalue weighted by Gasteiger charge is -2.32. The lowest BCUT2D eigenvalue weighted by molar-refractivity contribution is -0.122. The number of methoxy groups -OCH3 is 1. The van der Waals surface area contributed by atoms with Gasteiger partial charge < -0.3 is 19.7 Å². The summed E-state index contributed by atoms with van der Waals surface area (Å²) in [5, 5.41) is 16.3. The van der Waals surface area contributed by atoms with Gasteiger partial charge in [-0.2, -0.15) is 10.4 Å². The average molecular weight is 562 g/mol. The predicted octanol–water partition coefficient (Wildman–Crippen LogP) is 3.19. The Morgan fingerprint density at radius 3 is 2.66 bits per heavy atom. The lowest BCUT2D eigenvalue weighted by atomic mass is 9.93. The van der Waals surface area contributed by atoms with Crippen LogP contribution in [0.3, 0.4) is 0 Å². The van der Waals surface area contributed by atoms with E-state index in [4.69, 9.17) is 21.1 Å². The molecule has 2 aliphatic carbocycles. The number of sulfone groups is 1. The number of nitriles is 1. The number of aromatic nitrogens is 2. The molecule has 2 saturated carbocycles. The Morgan fingerprint density at radius 2 is 2.05 bits per heavy atom. The van der Waals surface area contributed by atoms with Gasteiger partial charge in [-0.25, -0.2) is 13.1 Å². The van der Waals surface area contributed by atoms with Crippen LogP contribution in [0.1, 0.15) is 50.3 Å². The lowest BCUT2D eigenvalue weighted by Crippen LogP contribution is -2.48. The smallest absolute Gasteiger partial charge is 0.244 e. The molecule has 3 aliphatic rings. The third-order valence-corrected chi connectivity index (χ3v) is 10.3. The summed E-state index contributed by atoms with van der Waals surface area (Å²) in [6, 6.07) is 8.08. The van der Waals surface area contributed by atoms with Crippen LogP contribution in [-0.4, -0.2) is 67.8 Å². The first kappa shape index (κ1) is 26.8. The fourth-order valence-corrected chi connectivity index (χ4v) is 7.31. The minimum absolute atomic E-state index is 0.00337.